The first-order valence-electron chi connectivity index (χ1n) is 12.7. The van der Waals surface area contributed by atoms with E-state index in [0.717, 1.165) is 11.1 Å². The Morgan fingerprint density at radius 2 is 1.82 bits per heavy atom. The Kier molecular flexibility index (Phi) is 9.31. The monoisotopic (exact) mass is 547 g/mol. The summed E-state index contributed by atoms with van der Waals surface area (Å²) in [6.45, 7) is 7.59. The number of hydrogen-bond acceptors (Lipinski definition) is 9. The lowest BCUT2D eigenvalue weighted by Crippen LogP contribution is -2.31. The van der Waals surface area contributed by atoms with Crippen LogP contribution in [0, 0.1) is 19.8 Å². The number of ether oxygens (including phenoxy) is 1. The molecule has 0 aliphatic heterocycles. The van der Waals surface area contributed by atoms with Gasteiger partial charge in [-0.05, 0) is 37.0 Å². The number of aromatic nitrogens is 3. The van der Waals surface area contributed by atoms with E-state index < -0.39 is 17.7 Å². The van der Waals surface area contributed by atoms with Gasteiger partial charge in [0.15, 0.2) is 0 Å². The molecule has 11 heteroatoms. The molecule has 0 amide bonds. The third-order valence-corrected chi connectivity index (χ3v) is 6.22. The smallest absolute Gasteiger partial charge is 0.352 e. The van der Waals surface area contributed by atoms with Crippen LogP contribution in [0.4, 0.5) is 17.3 Å². The molecule has 11 nitrogen and oxygen atoms in total. The van der Waals surface area contributed by atoms with Crippen LogP contribution in [0.3, 0.4) is 0 Å². The Morgan fingerprint density at radius 1 is 1.18 bits per heavy atom. The number of carboxylic acids is 1. The first kappa shape index (κ1) is 29.9. The summed E-state index contributed by atoms with van der Waals surface area (Å²) in [4.78, 5) is 40.8. The van der Waals surface area contributed by atoms with Crippen LogP contribution in [-0.4, -0.2) is 52.5 Å². The van der Waals surface area contributed by atoms with Crippen LogP contribution in [0.5, 0.6) is 5.88 Å². The summed E-state index contributed by atoms with van der Waals surface area (Å²) < 4.78 is 6.96. The topological polar surface area (TPSA) is 148 Å². The van der Waals surface area contributed by atoms with Crippen molar-refractivity contribution in [3.63, 3.8) is 0 Å². The van der Waals surface area contributed by atoms with Gasteiger partial charge in [0.25, 0.3) is 5.56 Å². The zero-order chi connectivity index (χ0) is 29.7. The number of anilines is 2. The maximum atomic E-state index is 13.1. The third-order valence-electron chi connectivity index (χ3n) is 6.22. The van der Waals surface area contributed by atoms with Gasteiger partial charge in [0.05, 0.1) is 25.1 Å². The highest BCUT2D eigenvalue weighted by Gasteiger charge is 2.30. The lowest BCUT2D eigenvalue weighted by atomic mass is 9.87. The molecular weight excluding hydrogens is 510 g/mol. The van der Waals surface area contributed by atoms with E-state index in [-0.39, 0.29) is 22.9 Å². The molecule has 212 valence electrons. The van der Waals surface area contributed by atoms with Gasteiger partial charge in [-0.25, -0.2) is 14.8 Å². The van der Waals surface area contributed by atoms with Crippen LogP contribution in [-0.2, 0) is 11.8 Å². The van der Waals surface area contributed by atoms with Gasteiger partial charge in [-0.3, -0.25) is 4.79 Å². The van der Waals surface area contributed by atoms with Crippen molar-refractivity contribution in [1.29, 1.82) is 0 Å². The zero-order valence-electron chi connectivity index (χ0n) is 24.2. The Bertz CT molecular complexity index is 1510. The molecular formula is C29H37N7O4. The minimum Gasteiger partial charge on any atom is -0.479 e. The molecule has 1 aromatic carbocycles. The molecule has 3 rings (SSSR count). The van der Waals surface area contributed by atoms with E-state index in [1.165, 1.54) is 17.9 Å². The van der Waals surface area contributed by atoms with Gasteiger partial charge in [0, 0.05) is 32.9 Å². The van der Waals surface area contributed by atoms with Gasteiger partial charge >= 0.3 is 5.97 Å². The van der Waals surface area contributed by atoms with Crippen molar-refractivity contribution >= 4 is 29.0 Å². The zero-order valence-corrected chi connectivity index (χ0v) is 24.2. The van der Waals surface area contributed by atoms with Crippen molar-refractivity contribution in [3.05, 3.63) is 81.0 Å². The van der Waals surface area contributed by atoms with Crippen molar-refractivity contribution in [2.75, 3.05) is 31.4 Å². The first-order chi connectivity index (χ1) is 18.8. The number of carboxylic acid groups (broad SMARTS) is 1. The molecule has 40 heavy (non-hydrogen) atoms. The van der Waals surface area contributed by atoms with E-state index >= 15 is 0 Å². The maximum Gasteiger partial charge on any atom is 0.352 e. The SMILES string of the molecule is COc1nc(N(C)C)ncc1N=C(/C(=C(\N)C(=O)O)C(Nc1cc(C)cn(C)c1=O)c1ccc(C)cc1)C(C)C. The van der Waals surface area contributed by atoms with Crippen LogP contribution in [0.15, 0.2) is 63.8 Å². The highest BCUT2D eigenvalue weighted by molar-refractivity contribution is 6.09. The Labute approximate surface area is 234 Å². The Balaban J connectivity index is 2.35. The summed E-state index contributed by atoms with van der Waals surface area (Å²) in [5.74, 6) is -0.957. The van der Waals surface area contributed by atoms with E-state index in [0.29, 0.717) is 28.6 Å². The quantitative estimate of drug-likeness (QED) is 0.255. The summed E-state index contributed by atoms with van der Waals surface area (Å²) in [5.41, 5.74) is 9.41. The second-order valence-electron chi connectivity index (χ2n) is 10.1. The number of methoxy groups -OCH3 is 1. The van der Waals surface area contributed by atoms with Gasteiger partial charge in [-0.1, -0.05) is 43.7 Å². The molecule has 0 fully saturated rings. The summed E-state index contributed by atoms with van der Waals surface area (Å²) in [5, 5.41) is 13.4. The molecule has 0 aliphatic carbocycles. The number of carbonyl (C=O) groups is 1. The molecule has 0 aliphatic rings. The molecule has 0 radical (unpaired) electrons. The predicted molar refractivity (Wildman–Crippen MR) is 158 cm³/mol. The van der Waals surface area contributed by atoms with Crippen molar-refractivity contribution in [3.8, 4) is 5.88 Å². The standard InChI is InChI=1S/C29H37N7O4/c1-16(2)24(33-21-14-31-29(35(5)6)34-26(21)40-8)22(23(30)28(38)39)25(19-11-9-17(3)10-12-19)32-20-13-18(4)15-36(7)27(20)37/h9-16,25,32H,30H2,1-8H3,(H,38,39)/b23-22+,33-24?. The molecule has 0 spiro atoms. The van der Waals surface area contributed by atoms with Crippen molar-refractivity contribution < 1.29 is 14.6 Å². The van der Waals surface area contributed by atoms with Gasteiger partial charge < -0.3 is 30.4 Å². The number of aliphatic carboxylic acids is 1. The van der Waals surface area contributed by atoms with Crippen LogP contribution >= 0.6 is 0 Å². The van der Waals surface area contributed by atoms with Gasteiger partial charge in [-0.15, -0.1) is 0 Å². The van der Waals surface area contributed by atoms with E-state index in [4.69, 9.17) is 15.5 Å². The number of aliphatic imine (C=N–C) groups is 1. The normalized spacial score (nSPS) is 13.1. The molecule has 2 heterocycles. The van der Waals surface area contributed by atoms with Gasteiger partial charge in [-0.2, -0.15) is 4.98 Å². The number of hydrogen-bond donors (Lipinski definition) is 3. The van der Waals surface area contributed by atoms with Crippen molar-refractivity contribution in [1.82, 2.24) is 14.5 Å². The largest absolute Gasteiger partial charge is 0.479 e. The second-order valence-corrected chi connectivity index (χ2v) is 10.1. The molecule has 4 N–H and O–H groups in total. The van der Waals surface area contributed by atoms with Gasteiger partial charge in [0.1, 0.15) is 17.1 Å². The highest BCUT2D eigenvalue weighted by Crippen LogP contribution is 2.34. The van der Waals surface area contributed by atoms with Gasteiger partial charge in [0.2, 0.25) is 11.8 Å². The number of aryl methyl sites for hydroxylation is 3. The van der Waals surface area contributed by atoms with Crippen molar-refractivity contribution in [2.24, 2.45) is 23.7 Å². The van der Waals surface area contributed by atoms with Crippen LogP contribution < -0.4 is 26.2 Å². The summed E-state index contributed by atoms with van der Waals surface area (Å²) >= 11 is 0. The number of nitrogens with two attached hydrogens (primary N) is 1. The number of nitrogens with one attached hydrogen (secondary N) is 1. The van der Waals surface area contributed by atoms with E-state index in [2.05, 4.69) is 15.3 Å². The summed E-state index contributed by atoms with van der Waals surface area (Å²) in [6.07, 6.45) is 3.24. The minimum absolute atomic E-state index is 0.216. The lowest BCUT2D eigenvalue weighted by Gasteiger charge is -2.27. The fraction of sp³-hybridized carbons (Fsp3) is 0.345. The third kappa shape index (κ3) is 6.66. The average Bonchev–Trinajstić information content (AvgIpc) is 2.90. The van der Waals surface area contributed by atoms with E-state index in [1.807, 2.05) is 52.0 Å². The maximum absolute atomic E-state index is 13.1. The van der Waals surface area contributed by atoms with Crippen LogP contribution in [0.1, 0.15) is 36.6 Å². The Morgan fingerprint density at radius 3 is 2.38 bits per heavy atom. The molecule has 1 atom stereocenters. The molecule has 3 aromatic rings. The molecule has 0 bridgehead atoms. The second kappa shape index (κ2) is 12.5. The lowest BCUT2D eigenvalue weighted by molar-refractivity contribution is -0.132. The minimum atomic E-state index is -1.31. The average molecular weight is 548 g/mol. The van der Waals surface area contributed by atoms with Crippen molar-refractivity contribution in [2.45, 2.75) is 33.7 Å². The summed E-state index contributed by atoms with van der Waals surface area (Å²) in [7, 11) is 6.74. The number of nitrogens with zero attached hydrogens (tertiary/aromatic N) is 5. The van der Waals surface area contributed by atoms with E-state index in [1.54, 1.807) is 38.3 Å². The first-order valence-corrected chi connectivity index (χ1v) is 12.7. The fourth-order valence-electron chi connectivity index (χ4n) is 4.20. The molecule has 0 saturated heterocycles. The molecule has 1 unspecified atom stereocenters. The number of benzene rings is 1. The summed E-state index contributed by atoms with van der Waals surface area (Å²) in [6, 6.07) is 8.46. The van der Waals surface area contributed by atoms with E-state index in [9.17, 15) is 14.7 Å². The predicted octanol–water partition coefficient (Wildman–Crippen LogP) is 3.75. The van der Waals surface area contributed by atoms with Crippen LogP contribution in [0.25, 0.3) is 0 Å². The number of pyridine rings is 1. The Hall–Kier alpha value is -4.67. The fourth-order valence-corrected chi connectivity index (χ4v) is 4.20. The number of rotatable bonds is 10. The molecule has 2 aromatic heterocycles. The highest BCUT2D eigenvalue weighted by atomic mass is 16.5. The molecule has 0 saturated carbocycles. The van der Waals surface area contributed by atoms with Crippen LogP contribution in [0.2, 0.25) is 0 Å².